The summed E-state index contributed by atoms with van der Waals surface area (Å²) in [4.78, 5) is 15.5. The van der Waals surface area contributed by atoms with Gasteiger partial charge in [-0.25, -0.2) is 9.78 Å². The van der Waals surface area contributed by atoms with E-state index in [1.165, 1.54) is 0 Å². The van der Waals surface area contributed by atoms with Gasteiger partial charge in [0, 0.05) is 11.5 Å². The van der Waals surface area contributed by atoms with E-state index >= 15 is 0 Å². The van der Waals surface area contributed by atoms with Crippen LogP contribution in [0, 0.1) is 0 Å². The number of carbonyl (C=O) groups excluding carboxylic acids is 1. The highest BCUT2D eigenvalue weighted by Crippen LogP contribution is 2.38. The highest BCUT2D eigenvalue weighted by Gasteiger charge is 2.36. The number of hydrogen-bond donors (Lipinski definition) is 0. The number of pyridine rings is 1. The summed E-state index contributed by atoms with van der Waals surface area (Å²) in [6.45, 7) is 5.22. The van der Waals surface area contributed by atoms with Crippen LogP contribution in [0.15, 0.2) is 16.5 Å². The molecule has 2 aromatic rings. The number of esters is 1. The van der Waals surface area contributed by atoms with E-state index in [0.717, 1.165) is 19.2 Å². The molecule has 2 aromatic heterocycles. The van der Waals surface area contributed by atoms with Crippen LogP contribution in [-0.4, -0.2) is 18.1 Å². The number of hydrogen-bond acceptors (Lipinski definition) is 4. The van der Waals surface area contributed by atoms with E-state index in [-0.39, 0.29) is 22.6 Å². The second kappa shape index (κ2) is 4.75. The van der Waals surface area contributed by atoms with Crippen LogP contribution in [0.2, 0.25) is 0 Å². The third kappa shape index (κ3) is 2.86. The van der Waals surface area contributed by atoms with Gasteiger partial charge in [-0.3, -0.25) is 0 Å². The SMILES string of the molecule is COC(=O)c1cc2c(C(F)(F)F)cc(C(C)(C)C)nc2o1. The van der Waals surface area contributed by atoms with Crippen LogP contribution < -0.4 is 0 Å². The van der Waals surface area contributed by atoms with E-state index in [1.807, 2.05) is 0 Å². The first-order valence-electron chi connectivity index (χ1n) is 6.14. The van der Waals surface area contributed by atoms with Gasteiger partial charge in [0.05, 0.1) is 23.8 Å². The summed E-state index contributed by atoms with van der Waals surface area (Å²) in [5, 5.41) is -0.254. The lowest BCUT2D eigenvalue weighted by atomic mass is 9.90. The molecule has 0 amide bonds. The maximum atomic E-state index is 13.2. The predicted molar refractivity (Wildman–Crippen MR) is 69.1 cm³/mol. The van der Waals surface area contributed by atoms with Crippen LogP contribution >= 0.6 is 0 Å². The van der Waals surface area contributed by atoms with Crippen LogP contribution in [-0.2, 0) is 16.3 Å². The van der Waals surface area contributed by atoms with Gasteiger partial charge >= 0.3 is 12.1 Å². The lowest BCUT2D eigenvalue weighted by molar-refractivity contribution is -0.136. The zero-order chi connectivity index (χ0) is 16.0. The van der Waals surface area contributed by atoms with Crippen molar-refractivity contribution < 1.29 is 27.1 Å². The average Bonchev–Trinajstić information content (AvgIpc) is 2.77. The van der Waals surface area contributed by atoms with Gasteiger partial charge in [-0.2, -0.15) is 13.2 Å². The minimum Gasteiger partial charge on any atom is -0.463 e. The zero-order valence-corrected chi connectivity index (χ0v) is 12.0. The minimum atomic E-state index is -4.57. The molecular formula is C14H14F3NO3. The maximum absolute atomic E-state index is 13.2. The number of ether oxygens (including phenoxy) is 1. The van der Waals surface area contributed by atoms with Gasteiger partial charge in [-0.15, -0.1) is 0 Å². The second-order valence-electron chi connectivity index (χ2n) is 5.62. The predicted octanol–water partition coefficient (Wildman–Crippen LogP) is 3.93. The molecule has 0 aromatic carbocycles. The lowest BCUT2D eigenvalue weighted by Gasteiger charge is -2.19. The fourth-order valence-electron chi connectivity index (χ4n) is 1.83. The van der Waals surface area contributed by atoms with Crippen molar-refractivity contribution in [1.29, 1.82) is 0 Å². The molecule has 21 heavy (non-hydrogen) atoms. The first kappa shape index (κ1) is 15.3. The number of methoxy groups -OCH3 is 1. The number of furan rings is 1. The summed E-state index contributed by atoms with van der Waals surface area (Å²) in [6.07, 6.45) is -4.57. The number of alkyl halides is 3. The van der Waals surface area contributed by atoms with Crippen LogP contribution in [0.4, 0.5) is 13.2 Å². The van der Waals surface area contributed by atoms with Crippen LogP contribution in [0.5, 0.6) is 0 Å². The Balaban J connectivity index is 2.78. The van der Waals surface area contributed by atoms with Crippen molar-refractivity contribution >= 4 is 17.1 Å². The molecule has 0 fully saturated rings. The number of halogens is 3. The fraction of sp³-hybridized carbons (Fsp3) is 0.429. The van der Waals surface area contributed by atoms with Crippen molar-refractivity contribution in [2.75, 3.05) is 7.11 Å². The Morgan fingerprint density at radius 1 is 1.24 bits per heavy atom. The van der Waals surface area contributed by atoms with E-state index in [0.29, 0.717) is 0 Å². The highest BCUT2D eigenvalue weighted by atomic mass is 19.4. The molecule has 0 aliphatic carbocycles. The molecule has 0 saturated heterocycles. The van der Waals surface area contributed by atoms with Gasteiger partial charge in [0.2, 0.25) is 11.5 Å². The molecule has 0 unspecified atom stereocenters. The van der Waals surface area contributed by atoms with Gasteiger partial charge in [0.1, 0.15) is 0 Å². The van der Waals surface area contributed by atoms with E-state index in [4.69, 9.17) is 4.42 Å². The molecule has 0 N–H and O–H groups in total. The third-order valence-electron chi connectivity index (χ3n) is 2.97. The van der Waals surface area contributed by atoms with Crippen LogP contribution in [0.25, 0.3) is 11.1 Å². The molecule has 114 valence electrons. The zero-order valence-electron chi connectivity index (χ0n) is 12.0. The quantitative estimate of drug-likeness (QED) is 0.749. The Bertz CT molecular complexity index is 696. The van der Waals surface area contributed by atoms with Crippen molar-refractivity contribution in [3.05, 3.63) is 29.2 Å². The van der Waals surface area contributed by atoms with Gasteiger partial charge in [-0.05, 0) is 6.07 Å². The maximum Gasteiger partial charge on any atom is 0.417 e. The number of nitrogens with zero attached hydrogens (tertiary/aromatic N) is 1. The molecule has 2 rings (SSSR count). The number of aromatic nitrogens is 1. The van der Waals surface area contributed by atoms with Crippen molar-refractivity contribution in [2.45, 2.75) is 32.4 Å². The molecule has 0 saturated carbocycles. The van der Waals surface area contributed by atoms with Crippen molar-refractivity contribution in [2.24, 2.45) is 0 Å². The number of fused-ring (bicyclic) bond motifs is 1. The first-order valence-corrected chi connectivity index (χ1v) is 6.14. The smallest absolute Gasteiger partial charge is 0.417 e. The summed E-state index contributed by atoms with van der Waals surface area (Å²) >= 11 is 0. The Morgan fingerprint density at radius 2 is 1.86 bits per heavy atom. The van der Waals surface area contributed by atoms with Crippen molar-refractivity contribution in [1.82, 2.24) is 4.98 Å². The number of rotatable bonds is 1. The molecular weight excluding hydrogens is 287 g/mol. The van der Waals surface area contributed by atoms with Crippen molar-refractivity contribution in [3.63, 3.8) is 0 Å². The summed E-state index contributed by atoms with van der Waals surface area (Å²) in [7, 11) is 1.12. The fourth-order valence-corrected chi connectivity index (χ4v) is 1.83. The standard InChI is InChI=1S/C14H14F3NO3/c1-13(2,3)10-6-8(14(15,16)17)7-5-9(12(19)20-4)21-11(7)18-10/h5-6H,1-4H3. The Morgan fingerprint density at radius 3 is 2.33 bits per heavy atom. The first-order chi connectivity index (χ1) is 9.54. The van der Waals surface area contributed by atoms with Gasteiger partial charge < -0.3 is 9.15 Å². The lowest BCUT2D eigenvalue weighted by Crippen LogP contribution is -2.16. The molecule has 0 aliphatic rings. The summed E-state index contributed by atoms with van der Waals surface area (Å²) in [5.41, 5.74) is -1.47. The van der Waals surface area contributed by atoms with Crippen molar-refractivity contribution in [3.8, 4) is 0 Å². The Hall–Kier alpha value is -2.05. The topological polar surface area (TPSA) is 52.3 Å². The van der Waals surface area contributed by atoms with Gasteiger partial charge in [0.25, 0.3) is 0 Å². The second-order valence-corrected chi connectivity index (χ2v) is 5.62. The van der Waals surface area contributed by atoms with E-state index in [2.05, 4.69) is 9.72 Å². The molecule has 0 spiro atoms. The third-order valence-corrected chi connectivity index (χ3v) is 2.97. The number of carbonyl (C=O) groups is 1. The van der Waals surface area contributed by atoms with Gasteiger partial charge in [-0.1, -0.05) is 20.8 Å². The van der Waals surface area contributed by atoms with Gasteiger partial charge in [0.15, 0.2) is 0 Å². The van der Waals surface area contributed by atoms with E-state index in [9.17, 15) is 18.0 Å². The highest BCUT2D eigenvalue weighted by molar-refractivity contribution is 5.92. The van der Waals surface area contributed by atoms with E-state index < -0.39 is 23.1 Å². The molecule has 7 heteroatoms. The minimum absolute atomic E-state index is 0.227. The monoisotopic (exact) mass is 301 g/mol. The molecule has 0 aliphatic heterocycles. The van der Waals surface area contributed by atoms with Crippen LogP contribution in [0.1, 0.15) is 42.6 Å². The summed E-state index contributed by atoms with van der Waals surface area (Å²) in [6, 6.07) is 1.99. The molecule has 0 atom stereocenters. The largest absolute Gasteiger partial charge is 0.463 e. The molecule has 4 nitrogen and oxygen atoms in total. The Labute approximate surface area is 118 Å². The Kier molecular flexibility index (Phi) is 3.47. The molecule has 0 radical (unpaired) electrons. The van der Waals surface area contributed by atoms with E-state index in [1.54, 1.807) is 20.8 Å². The van der Waals surface area contributed by atoms with Crippen LogP contribution in [0.3, 0.4) is 0 Å². The summed E-state index contributed by atoms with van der Waals surface area (Å²) < 4.78 is 49.1. The molecule has 0 bridgehead atoms. The summed E-state index contributed by atoms with van der Waals surface area (Å²) in [5.74, 6) is -1.16. The normalized spacial score (nSPS) is 12.7. The average molecular weight is 301 g/mol. The molecule has 2 heterocycles.